The summed E-state index contributed by atoms with van der Waals surface area (Å²) < 4.78 is 13.1. The molecule has 0 saturated carbocycles. The highest BCUT2D eigenvalue weighted by atomic mass is 19.1. The first-order valence-corrected chi connectivity index (χ1v) is 7.49. The Morgan fingerprint density at radius 2 is 2.10 bits per heavy atom. The van der Waals surface area contributed by atoms with Crippen molar-refractivity contribution in [1.82, 2.24) is 14.8 Å². The van der Waals surface area contributed by atoms with Gasteiger partial charge in [0.25, 0.3) is 5.91 Å². The van der Waals surface area contributed by atoms with E-state index in [2.05, 4.69) is 16.8 Å². The van der Waals surface area contributed by atoms with Gasteiger partial charge in [-0.3, -0.25) is 14.7 Å². The van der Waals surface area contributed by atoms with E-state index in [0.717, 1.165) is 32.1 Å². The average Bonchev–Trinajstić information content (AvgIpc) is 2.52. The fraction of sp³-hybridized carbons (Fsp3) is 0.600. The zero-order chi connectivity index (χ0) is 15.2. The summed E-state index contributed by atoms with van der Waals surface area (Å²) in [6.07, 6.45) is 4.58. The van der Waals surface area contributed by atoms with Crippen LogP contribution in [0.25, 0.3) is 0 Å². The molecule has 5 nitrogen and oxygen atoms in total. The van der Waals surface area contributed by atoms with Gasteiger partial charge in [-0.1, -0.05) is 6.92 Å². The van der Waals surface area contributed by atoms with Crippen LogP contribution < -0.4 is 5.73 Å². The maximum Gasteiger partial charge on any atom is 0.255 e. The Balaban J connectivity index is 1.93. The Labute approximate surface area is 124 Å². The molecule has 1 saturated heterocycles. The second kappa shape index (κ2) is 7.47. The Bertz CT molecular complexity index is 474. The fourth-order valence-corrected chi connectivity index (χ4v) is 2.84. The van der Waals surface area contributed by atoms with Gasteiger partial charge >= 0.3 is 0 Å². The lowest BCUT2D eigenvalue weighted by Crippen LogP contribution is -2.52. The minimum atomic E-state index is -0.478. The molecule has 1 aliphatic rings. The van der Waals surface area contributed by atoms with Crippen LogP contribution in [0.5, 0.6) is 0 Å². The largest absolute Gasteiger partial charge is 0.336 e. The number of hydrogen-bond donors (Lipinski definition) is 1. The molecule has 2 rings (SSSR count). The summed E-state index contributed by atoms with van der Waals surface area (Å²) in [7, 11) is 0. The molecule has 1 aromatic heterocycles. The van der Waals surface area contributed by atoms with Gasteiger partial charge in [-0.2, -0.15) is 0 Å². The second-order valence-corrected chi connectivity index (χ2v) is 5.36. The summed E-state index contributed by atoms with van der Waals surface area (Å²) in [4.78, 5) is 20.2. The van der Waals surface area contributed by atoms with E-state index < -0.39 is 5.82 Å². The summed E-state index contributed by atoms with van der Waals surface area (Å²) >= 11 is 0. The van der Waals surface area contributed by atoms with Crippen molar-refractivity contribution in [3.8, 4) is 0 Å². The number of aromatic nitrogens is 1. The molecule has 21 heavy (non-hydrogen) atoms. The molecule has 1 unspecified atom stereocenters. The van der Waals surface area contributed by atoms with Gasteiger partial charge in [-0.25, -0.2) is 4.39 Å². The summed E-state index contributed by atoms with van der Waals surface area (Å²) in [6.45, 7) is 5.86. The first kappa shape index (κ1) is 15.9. The average molecular weight is 294 g/mol. The lowest BCUT2D eigenvalue weighted by molar-refractivity contribution is 0.0556. The van der Waals surface area contributed by atoms with Crippen molar-refractivity contribution in [2.24, 2.45) is 5.73 Å². The maximum absolute atomic E-state index is 13.1. The second-order valence-electron chi connectivity index (χ2n) is 5.36. The van der Waals surface area contributed by atoms with E-state index in [0.29, 0.717) is 31.2 Å². The number of carbonyl (C=O) groups excluding carboxylic acids is 1. The molecule has 1 atom stereocenters. The van der Waals surface area contributed by atoms with E-state index in [-0.39, 0.29) is 5.91 Å². The van der Waals surface area contributed by atoms with Crippen LogP contribution in [0.4, 0.5) is 4.39 Å². The highest BCUT2D eigenvalue weighted by Crippen LogP contribution is 2.14. The Hall–Kier alpha value is -1.53. The quantitative estimate of drug-likeness (QED) is 0.883. The van der Waals surface area contributed by atoms with E-state index in [1.807, 2.05) is 0 Å². The lowest BCUT2D eigenvalue weighted by Gasteiger charge is -2.39. The molecule has 1 amide bonds. The van der Waals surface area contributed by atoms with Crippen LogP contribution in [0.3, 0.4) is 0 Å². The molecular formula is C15H23FN4O. The molecule has 1 aromatic rings. The Kier molecular flexibility index (Phi) is 5.64. The minimum Gasteiger partial charge on any atom is -0.336 e. The van der Waals surface area contributed by atoms with Gasteiger partial charge in [-0.05, 0) is 25.5 Å². The van der Waals surface area contributed by atoms with Gasteiger partial charge < -0.3 is 10.6 Å². The third-order valence-electron chi connectivity index (χ3n) is 4.04. The molecule has 0 aromatic carbocycles. The van der Waals surface area contributed by atoms with Crippen molar-refractivity contribution >= 4 is 5.91 Å². The number of piperazine rings is 1. The number of pyridine rings is 1. The number of nitrogens with zero attached hydrogens (tertiary/aromatic N) is 3. The first-order chi connectivity index (χ1) is 10.2. The molecule has 1 aliphatic heterocycles. The maximum atomic E-state index is 13.1. The van der Waals surface area contributed by atoms with Crippen LogP contribution in [-0.2, 0) is 0 Å². The first-order valence-electron chi connectivity index (χ1n) is 7.49. The Morgan fingerprint density at radius 3 is 2.67 bits per heavy atom. The van der Waals surface area contributed by atoms with Crippen LogP contribution in [0.15, 0.2) is 18.5 Å². The van der Waals surface area contributed by atoms with Crippen molar-refractivity contribution in [2.75, 3.05) is 32.7 Å². The SMILES string of the molecule is CCC(CCN)N1CCN(C(=O)c2cncc(F)c2)CC1. The number of hydrogen-bond acceptors (Lipinski definition) is 4. The number of rotatable bonds is 5. The van der Waals surface area contributed by atoms with Gasteiger partial charge in [0.1, 0.15) is 5.82 Å². The molecule has 116 valence electrons. The van der Waals surface area contributed by atoms with Crippen molar-refractivity contribution in [3.05, 3.63) is 29.8 Å². The van der Waals surface area contributed by atoms with E-state index >= 15 is 0 Å². The number of nitrogens with two attached hydrogens (primary N) is 1. The molecule has 0 spiro atoms. The normalized spacial score (nSPS) is 17.8. The summed E-state index contributed by atoms with van der Waals surface area (Å²) in [5.74, 6) is -0.623. The van der Waals surface area contributed by atoms with Gasteiger partial charge in [0.05, 0.1) is 11.8 Å². The van der Waals surface area contributed by atoms with E-state index in [1.165, 1.54) is 12.3 Å². The van der Waals surface area contributed by atoms with Gasteiger partial charge in [0, 0.05) is 38.4 Å². The van der Waals surface area contributed by atoms with Crippen LogP contribution >= 0.6 is 0 Å². The van der Waals surface area contributed by atoms with Crippen LogP contribution in [0, 0.1) is 5.82 Å². The lowest BCUT2D eigenvalue weighted by atomic mass is 10.1. The zero-order valence-corrected chi connectivity index (χ0v) is 12.5. The highest BCUT2D eigenvalue weighted by Gasteiger charge is 2.25. The van der Waals surface area contributed by atoms with Gasteiger partial charge in [0.15, 0.2) is 0 Å². The Morgan fingerprint density at radius 1 is 1.38 bits per heavy atom. The molecule has 0 radical (unpaired) electrons. The molecule has 1 fully saturated rings. The van der Waals surface area contributed by atoms with E-state index in [9.17, 15) is 9.18 Å². The highest BCUT2D eigenvalue weighted by molar-refractivity contribution is 5.94. The van der Waals surface area contributed by atoms with Gasteiger partial charge in [0.2, 0.25) is 0 Å². The summed E-state index contributed by atoms with van der Waals surface area (Å²) in [5, 5.41) is 0. The van der Waals surface area contributed by atoms with Crippen LogP contribution in [0.2, 0.25) is 0 Å². The predicted molar refractivity (Wildman–Crippen MR) is 79.4 cm³/mol. The minimum absolute atomic E-state index is 0.145. The predicted octanol–water partition coefficient (Wildman–Crippen LogP) is 1.11. The van der Waals surface area contributed by atoms with Crippen molar-refractivity contribution < 1.29 is 9.18 Å². The number of carbonyl (C=O) groups is 1. The van der Waals surface area contributed by atoms with Gasteiger partial charge in [-0.15, -0.1) is 0 Å². The van der Waals surface area contributed by atoms with Crippen LogP contribution in [0.1, 0.15) is 30.1 Å². The zero-order valence-electron chi connectivity index (χ0n) is 12.5. The molecule has 2 heterocycles. The molecule has 6 heteroatoms. The van der Waals surface area contributed by atoms with E-state index in [1.54, 1.807) is 4.90 Å². The smallest absolute Gasteiger partial charge is 0.255 e. The number of amides is 1. The van der Waals surface area contributed by atoms with Crippen molar-refractivity contribution in [1.29, 1.82) is 0 Å². The fourth-order valence-electron chi connectivity index (χ4n) is 2.84. The van der Waals surface area contributed by atoms with Crippen LogP contribution in [-0.4, -0.2) is 59.5 Å². The molecule has 0 bridgehead atoms. The topological polar surface area (TPSA) is 62.5 Å². The summed E-state index contributed by atoms with van der Waals surface area (Å²) in [6, 6.07) is 1.73. The third kappa shape index (κ3) is 3.98. The number of halogens is 1. The standard InChI is InChI=1S/C15H23FN4O/c1-2-14(3-4-17)19-5-7-20(8-6-19)15(21)12-9-13(16)11-18-10-12/h9-11,14H,2-8,17H2,1H3. The molecular weight excluding hydrogens is 271 g/mol. The molecule has 0 aliphatic carbocycles. The third-order valence-corrected chi connectivity index (χ3v) is 4.04. The summed E-state index contributed by atoms with van der Waals surface area (Å²) in [5.41, 5.74) is 5.96. The molecule has 2 N–H and O–H groups in total. The van der Waals surface area contributed by atoms with Crippen molar-refractivity contribution in [2.45, 2.75) is 25.8 Å². The monoisotopic (exact) mass is 294 g/mol. The van der Waals surface area contributed by atoms with E-state index in [4.69, 9.17) is 5.73 Å². The van der Waals surface area contributed by atoms with Crippen molar-refractivity contribution in [3.63, 3.8) is 0 Å².